The van der Waals surface area contributed by atoms with Gasteiger partial charge < -0.3 is 45.6 Å². The van der Waals surface area contributed by atoms with Gasteiger partial charge >= 0.3 is 11.9 Å². The van der Waals surface area contributed by atoms with E-state index in [0.29, 0.717) is 24.8 Å². The first-order valence-electron chi connectivity index (χ1n) is 22.4. The number of hydrogen-bond acceptors (Lipinski definition) is 11. The van der Waals surface area contributed by atoms with Crippen LogP contribution in [0.5, 0.6) is 0 Å². The van der Waals surface area contributed by atoms with Crippen LogP contribution in [0.25, 0.3) is 0 Å². The van der Waals surface area contributed by atoms with Crippen LogP contribution in [0, 0.1) is 29.6 Å². The van der Waals surface area contributed by atoms with Gasteiger partial charge in [0.2, 0.25) is 23.6 Å². The van der Waals surface area contributed by atoms with E-state index in [2.05, 4.69) is 10.6 Å². The fraction of sp³-hybridized carbons (Fsp3) is 0.761. The monoisotopic (exact) mass is 877 g/mol. The van der Waals surface area contributed by atoms with Crippen LogP contribution < -0.4 is 16.4 Å². The van der Waals surface area contributed by atoms with Crippen molar-refractivity contribution >= 4 is 41.5 Å². The van der Waals surface area contributed by atoms with Crippen molar-refractivity contribution < 1.29 is 48.1 Å². The van der Waals surface area contributed by atoms with Crippen molar-refractivity contribution in [1.82, 2.24) is 25.3 Å². The molecule has 0 spiro atoms. The summed E-state index contributed by atoms with van der Waals surface area (Å²) in [7, 11) is 4.38. The zero-order valence-corrected chi connectivity index (χ0v) is 40.3. The molecule has 16 nitrogen and oxygen atoms in total. The quantitative estimate of drug-likeness (QED) is 0.173. The van der Waals surface area contributed by atoms with E-state index in [1.165, 1.54) is 48.8 Å². The number of aliphatic hydroxyl groups is 1. The first-order chi connectivity index (χ1) is 28.9. The van der Waals surface area contributed by atoms with Gasteiger partial charge in [-0.25, -0.2) is 9.59 Å². The molecule has 0 radical (unpaired) electrons. The minimum Gasteiger partial charge on any atom is -0.456 e. The SMILES string of the molecule is CC/C=C(\C)C1OC(=O)[C@H](CCCN)N(C)C(=O)C(C(C)C)NC(=O)CN(C)C(=O)[C@@H](CC(C)C)N(C)C(=O)[C@H](C(C)C)NC(=O)[C@@H]([C@@H](C)CC)OC(=O)/C(C)=C/C[C@H](O)[C@@H]1C. The summed E-state index contributed by atoms with van der Waals surface area (Å²) in [5.74, 6) is -6.48. The molecule has 5 N–H and O–H groups in total. The van der Waals surface area contributed by atoms with E-state index in [-0.39, 0.29) is 37.3 Å². The van der Waals surface area contributed by atoms with Crippen molar-refractivity contribution in [3.8, 4) is 0 Å². The number of carbonyl (C=O) groups is 7. The van der Waals surface area contributed by atoms with Crippen LogP contribution in [0.1, 0.15) is 122 Å². The molecule has 0 aromatic heterocycles. The third-order valence-corrected chi connectivity index (χ3v) is 11.7. The van der Waals surface area contributed by atoms with Gasteiger partial charge in [0.1, 0.15) is 30.3 Å². The summed E-state index contributed by atoms with van der Waals surface area (Å²) in [4.78, 5) is 102. The van der Waals surface area contributed by atoms with Gasteiger partial charge in [0.05, 0.1) is 12.6 Å². The van der Waals surface area contributed by atoms with Crippen molar-refractivity contribution in [2.24, 2.45) is 35.3 Å². The molecule has 0 saturated carbocycles. The highest BCUT2D eigenvalue weighted by atomic mass is 16.6. The van der Waals surface area contributed by atoms with E-state index in [1.54, 1.807) is 48.5 Å². The lowest BCUT2D eigenvalue weighted by atomic mass is 9.90. The smallest absolute Gasteiger partial charge is 0.334 e. The summed E-state index contributed by atoms with van der Waals surface area (Å²) in [6.45, 7) is 21.1. The molecule has 1 heterocycles. The molecule has 0 bridgehead atoms. The number of hydrogen-bond donors (Lipinski definition) is 4. The van der Waals surface area contributed by atoms with Gasteiger partial charge in [-0.3, -0.25) is 24.0 Å². The fourth-order valence-corrected chi connectivity index (χ4v) is 7.33. The van der Waals surface area contributed by atoms with Gasteiger partial charge in [0.15, 0.2) is 6.10 Å². The molecule has 2 unspecified atom stereocenters. The van der Waals surface area contributed by atoms with E-state index in [1.807, 2.05) is 33.8 Å². The molecular weight excluding hydrogens is 797 g/mol. The Kier molecular flexibility index (Phi) is 23.7. The number of ether oxygens (including phenoxy) is 2. The Labute approximate surface area is 371 Å². The number of rotatable bonds is 11. The van der Waals surface area contributed by atoms with E-state index in [0.717, 1.165) is 0 Å². The molecule has 62 heavy (non-hydrogen) atoms. The number of likely N-dealkylation sites (N-methyl/N-ethyl adjacent to an activating group) is 3. The first kappa shape index (κ1) is 55.7. The molecule has 0 aromatic rings. The van der Waals surface area contributed by atoms with Crippen molar-refractivity contribution in [1.29, 1.82) is 0 Å². The Balaban J connectivity index is 3.97. The highest BCUT2D eigenvalue weighted by molar-refractivity contribution is 5.96. The van der Waals surface area contributed by atoms with Crippen LogP contribution in [-0.2, 0) is 43.0 Å². The van der Waals surface area contributed by atoms with Gasteiger partial charge in [0, 0.05) is 38.6 Å². The molecule has 5 amide bonds. The highest BCUT2D eigenvalue weighted by Crippen LogP contribution is 2.26. The van der Waals surface area contributed by atoms with Crippen molar-refractivity contribution in [2.45, 2.75) is 164 Å². The standard InChI is InChI=1S/C46H80N6O10/c1-16-19-30(10)39-32(12)35(53)22-21-31(11)45(59)62-40(29(9)17-2)41(55)49-38(28(7)8)44(58)52(15)34(24-26(3)4)42(56)50(13)25-36(54)48-37(27(5)6)43(57)51(14)33(20-18-23-47)46(60)61-39/h19,21,26-29,32-35,37-40,53H,16-18,20,22-25,47H2,1-15H3,(H,48,54)(H,49,55)/b30-19+,31-21+/t29-,32-,33-,34+,35-,37?,38-,39?,40+/m0/s1. The number of nitrogens with two attached hydrogens (primary N) is 1. The van der Waals surface area contributed by atoms with Crippen LogP contribution in [0.15, 0.2) is 23.3 Å². The highest BCUT2D eigenvalue weighted by Gasteiger charge is 2.40. The largest absolute Gasteiger partial charge is 0.456 e. The fourth-order valence-electron chi connectivity index (χ4n) is 7.33. The van der Waals surface area contributed by atoms with Crippen LogP contribution in [0.2, 0.25) is 0 Å². The number of nitrogens with one attached hydrogen (secondary N) is 2. The number of amides is 5. The number of allylic oxidation sites excluding steroid dienone is 1. The summed E-state index contributed by atoms with van der Waals surface area (Å²) in [5.41, 5.74) is 6.67. The first-order valence-corrected chi connectivity index (χ1v) is 22.4. The second kappa shape index (κ2) is 26.3. The summed E-state index contributed by atoms with van der Waals surface area (Å²) < 4.78 is 12.0. The van der Waals surface area contributed by atoms with Crippen LogP contribution in [0.4, 0.5) is 0 Å². The molecule has 1 aliphatic rings. The second-order valence-electron chi connectivity index (χ2n) is 18.2. The average Bonchev–Trinajstić information content (AvgIpc) is 3.21. The molecule has 354 valence electrons. The lowest BCUT2D eigenvalue weighted by molar-refractivity contribution is -0.161. The molecule has 1 rings (SSSR count). The number of aliphatic hydroxyl groups excluding tert-OH is 1. The molecule has 16 heteroatoms. The number of carbonyl (C=O) groups excluding carboxylic acids is 7. The van der Waals surface area contributed by atoms with E-state index in [4.69, 9.17) is 15.2 Å². The zero-order chi connectivity index (χ0) is 47.8. The van der Waals surface area contributed by atoms with Crippen molar-refractivity contribution in [2.75, 3.05) is 34.2 Å². The van der Waals surface area contributed by atoms with Gasteiger partial charge in [-0.2, -0.15) is 0 Å². The predicted octanol–water partition coefficient (Wildman–Crippen LogP) is 3.74. The van der Waals surface area contributed by atoms with Gasteiger partial charge in [-0.15, -0.1) is 0 Å². The Morgan fingerprint density at radius 3 is 1.92 bits per heavy atom. The van der Waals surface area contributed by atoms with E-state index >= 15 is 0 Å². The summed E-state index contributed by atoms with van der Waals surface area (Å²) in [6.07, 6.45) is 1.94. The number of cyclic esters (lactones) is 2. The summed E-state index contributed by atoms with van der Waals surface area (Å²) >= 11 is 0. The maximum Gasteiger partial charge on any atom is 0.334 e. The number of esters is 2. The van der Waals surface area contributed by atoms with Gasteiger partial charge in [-0.05, 0) is 82.2 Å². The molecule has 0 aromatic carbocycles. The zero-order valence-electron chi connectivity index (χ0n) is 40.3. The third kappa shape index (κ3) is 16.1. The summed E-state index contributed by atoms with van der Waals surface area (Å²) in [5, 5.41) is 17.1. The van der Waals surface area contributed by atoms with E-state index < -0.39 is 114 Å². The molecule has 0 saturated heterocycles. The normalized spacial score (nSPS) is 28.5. The third-order valence-electron chi connectivity index (χ3n) is 11.7. The number of nitrogens with zero attached hydrogens (tertiary/aromatic N) is 3. The Morgan fingerprint density at radius 2 is 1.42 bits per heavy atom. The minimum absolute atomic E-state index is 0.0256. The Hall–Kier alpha value is -4.31. The molecule has 0 aliphatic carbocycles. The lowest BCUT2D eigenvalue weighted by Gasteiger charge is -2.36. The predicted molar refractivity (Wildman–Crippen MR) is 239 cm³/mol. The average molecular weight is 877 g/mol. The lowest BCUT2D eigenvalue weighted by Crippen LogP contribution is -2.59. The van der Waals surface area contributed by atoms with E-state index in [9.17, 15) is 38.7 Å². The molecule has 0 fully saturated rings. The topological polar surface area (TPSA) is 218 Å². The Morgan fingerprint density at radius 1 is 0.871 bits per heavy atom. The molecule has 1 aliphatic heterocycles. The van der Waals surface area contributed by atoms with Crippen molar-refractivity contribution in [3.63, 3.8) is 0 Å². The minimum atomic E-state index is -1.27. The maximum atomic E-state index is 14.3. The van der Waals surface area contributed by atoms with Crippen LogP contribution in [-0.4, -0.2) is 138 Å². The molecule has 9 atom stereocenters. The van der Waals surface area contributed by atoms with Crippen LogP contribution >= 0.6 is 0 Å². The second-order valence-corrected chi connectivity index (χ2v) is 18.2. The van der Waals surface area contributed by atoms with Crippen LogP contribution in [0.3, 0.4) is 0 Å². The Bertz CT molecular complexity index is 1590. The van der Waals surface area contributed by atoms with Gasteiger partial charge in [-0.1, -0.05) is 81.4 Å². The maximum absolute atomic E-state index is 14.3. The summed E-state index contributed by atoms with van der Waals surface area (Å²) in [6, 6.07) is -4.31. The van der Waals surface area contributed by atoms with Gasteiger partial charge in [0.25, 0.3) is 5.91 Å². The van der Waals surface area contributed by atoms with Crippen molar-refractivity contribution in [3.05, 3.63) is 23.3 Å². The molecular formula is C46H80N6O10.